The molecule has 0 aliphatic heterocycles. The molecule has 11 heteroatoms. The number of para-hydroxylation sites is 3. The number of nitro benzene ring substituents is 3. The first-order chi connectivity index (χ1) is 17.3. The number of non-ortho nitro benzene ring substituents is 2. The van der Waals surface area contributed by atoms with Crippen LogP contribution in [0, 0.1) is 30.3 Å². The average Bonchev–Trinajstić information content (AvgIpc) is 3.17. The molecule has 4 aromatic rings. The minimum Gasteiger partial charge on any atom is -0.455 e. The molecule has 0 fully saturated rings. The van der Waals surface area contributed by atoms with E-state index in [0.717, 1.165) is 6.07 Å². The monoisotopic (exact) mass is 482 g/mol. The summed E-state index contributed by atoms with van der Waals surface area (Å²) in [5.41, 5.74) is 0.0135. The largest absolute Gasteiger partial charge is 0.455 e. The summed E-state index contributed by atoms with van der Waals surface area (Å²) < 4.78 is 5.95. The number of aliphatic imine (C=N–C) groups is 1. The first-order valence-electron chi connectivity index (χ1n) is 10.5. The van der Waals surface area contributed by atoms with Crippen LogP contribution in [0.2, 0.25) is 0 Å². The van der Waals surface area contributed by atoms with Crippen molar-refractivity contribution >= 4 is 28.5 Å². The van der Waals surface area contributed by atoms with Crippen LogP contribution in [0.25, 0.3) is 11.1 Å². The summed E-state index contributed by atoms with van der Waals surface area (Å²) in [6.07, 6.45) is 0. The molecule has 5 rings (SSSR count). The van der Waals surface area contributed by atoms with E-state index in [1.165, 1.54) is 24.3 Å². The minimum atomic E-state index is -0.733. The maximum atomic E-state index is 11.9. The van der Waals surface area contributed by atoms with E-state index < -0.39 is 26.1 Å². The van der Waals surface area contributed by atoms with Gasteiger partial charge in [-0.15, -0.1) is 0 Å². The van der Waals surface area contributed by atoms with Gasteiger partial charge in [0.25, 0.3) is 17.1 Å². The Balaban J connectivity index is 1.77. The molecule has 1 aliphatic rings. The predicted molar refractivity (Wildman–Crippen MR) is 130 cm³/mol. The smallest absolute Gasteiger partial charge is 0.284 e. The molecule has 0 spiro atoms. The van der Waals surface area contributed by atoms with Crippen molar-refractivity contribution in [2.24, 2.45) is 4.99 Å². The number of hydrogen-bond acceptors (Lipinski definition) is 8. The van der Waals surface area contributed by atoms with E-state index in [-0.39, 0.29) is 28.1 Å². The lowest BCUT2D eigenvalue weighted by atomic mass is 10.0. The van der Waals surface area contributed by atoms with Crippen molar-refractivity contribution < 1.29 is 19.5 Å². The maximum absolute atomic E-state index is 11.9. The van der Waals surface area contributed by atoms with Gasteiger partial charge in [-0.3, -0.25) is 30.3 Å². The molecular formula is C25H14N4O7. The highest BCUT2D eigenvalue weighted by Crippen LogP contribution is 2.47. The molecule has 176 valence electrons. The lowest BCUT2D eigenvalue weighted by molar-refractivity contribution is -0.393. The second-order valence-corrected chi connectivity index (χ2v) is 7.73. The van der Waals surface area contributed by atoms with Gasteiger partial charge in [0.15, 0.2) is 5.75 Å². The Kier molecular flexibility index (Phi) is 5.41. The Morgan fingerprint density at radius 1 is 0.639 bits per heavy atom. The lowest BCUT2D eigenvalue weighted by Gasteiger charge is -2.09. The summed E-state index contributed by atoms with van der Waals surface area (Å²) in [6.45, 7) is 0. The molecule has 0 N–H and O–H groups in total. The molecule has 0 bridgehead atoms. The van der Waals surface area contributed by atoms with Crippen LogP contribution in [-0.4, -0.2) is 20.5 Å². The van der Waals surface area contributed by atoms with E-state index in [0.29, 0.717) is 22.7 Å². The average molecular weight is 482 g/mol. The van der Waals surface area contributed by atoms with Crippen LogP contribution < -0.4 is 4.74 Å². The second kappa shape index (κ2) is 8.72. The number of nitrogens with zero attached hydrogens (tertiary/aromatic N) is 4. The zero-order valence-electron chi connectivity index (χ0n) is 18.2. The highest BCUT2D eigenvalue weighted by Gasteiger charge is 2.36. The quantitative estimate of drug-likeness (QED) is 0.202. The van der Waals surface area contributed by atoms with Gasteiger partial charge in [0.2, 0.25) is 0 Å². The molecule has 0 aromatic heterocycles. The molecule has 0 heterocycles. The van der Waals surface area contributed by atoms with E-state index in [1.807, 2.05) is 6.07 Å². The first kappa shape index (κ1) is 22.3. The summed E-state index contributed by atoms with van der Waals surface area (Å²) in [6, 6.07) is 21.6. The molecule has 0 radical (unpaired) electrons. The maximum Gasteiger partial charge on any atom is 0.284 e. The van der Waals surface area contributed by atoms with Gasteiger partial charge < -0.3 is 4.74 Å². The van der Waals surface area contributed by atoms with Crippen LogP contribution in [0.1, 0.15) is 11.1 Å². The van der Waals surface area contributed by atoms with Gasteiger partial charge in [-0.2, -0.15) is 0 Å². The summed E-state index contributed by atoms with van der Waals surface area (Å²) in [7, 11) is 0. The summed E-state index contributed by atoms with van der Waals surface area (Å²) in [5.74, 6) is 0.899. The Morgan fingerprint density at radius 2 is 1.31 bits per heavy atom. The van der Waals surface area contributed by atoms with Gasteiger partial charge in [-0.25, -0.2) is 4.99 Å². The highest BCUT2D eigenvalue weighted by molar-refractivity contribution is 6.27. The van der Waals surface area contributed by atoms with Crippen molar-refractivity contribution in [3.63, 3.8) is 0 Å². The Bertz CT molecular complexity index is 1600. The van der Waals surface area contributed by atoms with Crippen LogP contribution in [0.3, 0.4) is 0 Å². The molecule has 0 saturated carbocycles. The van der Waals surface area contributed by atoms with Crippen molar-refractivity contribution in [2.75, 3.05) is 0 Å². The molecule has 4 aromatic carbocycles. The van der Waals surface area contributed by atoms with Gasteiger partial charge >= 0.3 is 0 Å². The molecule has 0 amide bonds. The number of fused-ring (bicyclic) bond motifs is 3. The molecule has 1 aliphatic carbocycles. The van der Waals surface area contributed by atoms with Gasteiger partial charge in [0, 0.05) is 29.3 Å². The van der Waals surface area contributed by atoms with Crippen molar-refractivity contribution in [1.29, 1.82) is 0 Å². The van der Waals surface area contributed by atoms with Crippen LogP contribution in [0.15, 0.2) is 89.9 Å². The van der Waals surface area contributed by atoms with Crippen molar-refractivity contribution in [2.45, 2.75) is 0 Å². The lowest BCUT2D eigenvalue weighted by Crippen LogP contribution is -2.02. The first-order valence-corrected chi connectivity index (χ1v) is 10.5. The molecule has 11 nitrogen and oxygen atoms in total. The number of benzene rings is 4. The molecule has 0 unspecified atom stereocenters. The third kappa shape index (κ3) is 3.90. The molecular weight excluding hydrogens is 468 g/mol. The van der Waals surface area contributed by atoms with Crippen molar-refractivity contribution in [1.82, 2.24) is 0 Å². The topological polar surface area (TPSA) is 151 Å². The van der Waals surface area contributed by atoms with Crippen LogP contribution in [0.5, 0.6) is 11.5 Å². The molecule has 36 heavy (non-hydrogen) atoms. The standard InChI is InChI=1S/C25H14N4O7/c30-27(31)15-10-11-18-19(12-15)25(20-13-16(28(32)33)14-22(24(18)20)29(34)35)26-21-8-4-5-9-23(21)36-17-6-2-1-3-7-17/h1-14H. The van der Waals surface area contributed by atoms with Gasteiger partial charge in [0.05, 0.1) is 32.1 Å². The second-order valence-electron chi connectivity index (χ2n) is 7.73. The zero-order chi connectivity index (χ0) is 25.4. The Morgan fingerprint density at radius 3 is 2.00 bits per heavy atom. The fourth-order valence-corrected chi connectivity index (χ4v) is 4.03. The van der Waals surface area contributed by atoms with Gasteiger partial charge in [0.1, 0.15) is 11.4 Å². The summed E-state index contributed by atoms with van der Waals surface area (Å²) >= 11 is 0. The van der Waals surface area contributed by atoms with E-state index >= 15 is 0 Å². The van der Waals surface area contributed by atoms with Crippen molar-refractivity contribution in [3.05, 3.63) is 126 Å². The van der Waals surface area contributed by atoms with E-state index in [2.05, 4.69) is 4.99 Å². The fourth-order valence-electron chi connectivity index (χ4n) is 4.03. The van der Waals surface area contributed by atoms with E-state index in [4.69, 9.17) is 4.74 Å². The number of nitro groups is 3. The van der Waals surface area contributed by atoms with E-state index in [9.17, 15) is 30.3 Å². The SMILES string of the molecule is O=[N+]([O-])c1ccc2c(c1)C(=Nc1ccccc1Oc1ccccc1)c1cc([N+](=O)[O-])cc([N+](=O)[O-])c1-2. The van der Waals surface area contributed by atoms with Crippen LogP contribution in [-0.2, 0) is 0 Å². The molecule has 0 atom stereocenters. The highest BCUT2D eigenvalue weighted by atomic mass is 16.6. The number of rotatable bonds is 6. The molecule has 0 saturated heterocycles. The third-order valence-corrected chi connectivity index (χ3v) is 5.57. The van der Waals surface area contributed by atoms with Gasteiger partial charge in [-0.05, 0) is 35.9 Å². The number of hydrogen-bond donors (Lipinski definition) is 0. The normalized spacial score (nSPS) is 12.6. The van der Waals surface area contributed by atoms with Crippen molar-refractivity contribution in [3.8, 4) is 22.6 Å². The third-order valence-electron chi connectivity index (χ3n) is 5.57. The minimum absolute atomic E-state index is 0.107. The van der Waals surface area contributed by atoms with Crippen LogP contribution in [0.4, 0.5) is 22.7 Å². The summed E-state index contributed by atoms with van der Waals surface area (Å²) in [5, 5.41) is 34.9. The summed E-state index contributed by atoms with van der Waals surface area (Å²) in [4.78, 5) is 37.5. The zero-order valence-corrected chi connectivity index (χ0v) is 18.2. The fraction of sp³-hybridized carbons (Fsp3) is 0. The number of ether oxygens (including phenoxy) is 1. The predicted octanol–water partition coefficient (Wildman–Crippen LogP) is 6.35. The van der Waals surface area contributed by atoms with Gasteiger partial charge in [-0.1, -0.05) is 30.3 Å². The Hall–Kier alpha value is -5.45. The van der Waals surface area contributed by atoms with Crippen LogP contribution >= 0.6 is 0 Å². The Labute approximate surface area is 202 Å². The van der Waals surface area contributed by atoms with E-state index in [1.54, 1.807) is 48.5 Å².